The molecule has 0 amide bonds. The first-order valence-corrected chi connectivity index (χ1v) is 15.3. The molecule has 0 aromatic carbocycles. The number of aliphatic hydroxyl groups excluding tert-OH is 2. The molecule has 0 aromatic heterocycles. The summed E-state index contributed by atoms with van der Waals surface area (Å²) < 4.78 is 10.3. The smallest absolute Gasteiger partial charge is 0.112 e. The molecule has 1 aliphatic rings. The average molecular weight is 548 g/mol. The third-order valence-electron chi connectivity index (χ3n) is 6.95. The molecule has 4 nitrogen and oxygen atoms in total. The minimum Gasteiger partial charge on any atom is -0.388 e. The van der Waals surface area contributed by atoms with E-state index in [1.54, 1.807) is 0 Å². The molecule has 4 atom stereocenters. The van der Waals surface area contributed by atoms with E-state index in [2.05, 4.69) is 13.8 Å². The van der Waals surface area contributed by atoms with Crippen molar-refractivity contribution in [3.05, 3.63) is 0 Å². The van der Waals surface area contributed by atoms with Crippen molar-refractivity contribution in [2.75, 3.05) is 6.61 Å². The van der Waals surface area contributed by atoms with Gasteiger partial charge in [-0.2, -0.15) is 0 Å². The standard InChI is InChI=1S/C22H46.C8H15BO4.V/c1-3-5-7-9-11-13-15-17-19-21-22-20-18-16-14-12-10-8-6-4-2;1-4(2)12-3-5-6(10)7(11)8(9)13-5;/h3-22H2,1-2H3;4-8,10-11H,3H2,1-2H3;. The maximum absolute atomic E-state index is 9.41. The van der Waals surface area contributed by atoms with Gasteiger partial charge >= 0.3 is 0 Å². The van der Waals surface area contributed by atoms with Crippen molar-refractivity contribution >= 4 is 7.85 Å². The number of rotatable bonds is 22. The molecule has 3 radical (unpaired) electrons. The van der Waals surface area contributed by atoms with Crippen LogP contribution in [0.5, 0.6) is 0 Å². The Morgan fingerprint density at radius 3 is 1.14 bits per heavy atom. The molecule has 0 aromatic rings. The zero-order chi connectivity index (χ0) is 26.2. The monoisotopic (exact) mass is 547 g/mol. The molecule has 1 aliphatic heterocycles. The summed E-state index contributed by atoms with van der Waals surface area (Å²) >= 11 is 0. The van der Waals surface area contributed by atoms with Crippen molar-refractivity contribution in [3.63, 3.8) is 0 Å². The zero-order valence-corrected chi connectivity index (χ0v) is 25.9. The maximum atomic E-state index is 9.41. The summed E-state index contributed by atoms with van der Waals surface area (Å²) in [6.45, 7) is 8.63. The van der Waals surface area contributed by atoms with Crippen LogP contribution < -0.4 is 0 Å². The Morgan fingerprint density at radius 2 is 0.917 bits per heavy atom. The van der Waals surface area contributed by atoms with Gasteiger partial charge in [0.1, 0.15) is 20.1 Å². The van der Waals surface area contributed by atoms with Gasteiger partial charge in [-0.05, 0) is 13.8 Å². The molecule has 4 unspecified atom stereocenters. The molecule has 0 saturated carbocycles. The van der Waals surface area contributed by atoms with Crippen LogP contribution in [0.25, 0.3) is 0 Å². The van der Waals surface area contributed by atoms with Gasteiger partial charge in [-0.15, -0.1) is 0 Å². The third-order valence-corrected chi connectivity index (χ3v) is 6.95. The Balaban J connectivity index is 0. The van der Waals surface area contributed by atoms with Crippen molar-refractivity contribution in [2.45, 2.75) is 187 Å². The van der Waals surface area contributed by atoms with Crippen LogP contribution in [0.15, 0.2) is 0 Å². The molecule has 0 aliphatic carbocycles. The predicted octanol–water partition coefficient (Wildman–Crippen LogP) is 7.85. The second kappa shape index (κ2) is 28.5. The molecule has 6 heteroatoms. The van der Waals surface area contributed by atoms with E-state index in [1.807, 2.05) is 13.8 Å². The van der Waals surface area contributed by atoms with E-state index < -0.39 is 24.3 Å². The molecule has 1 fully saturated rings. The predicted molar refractivity (Wildman–Crippen MR) is 151 cm³/mol. The van der Waals surface area contributed by atoms with Crippen LogP contribution in [-0.4, -0.2) is 55.1 Å². The first kappa shape index (κ1) is 38.6. The van der Waals surface area contributed by atoms with Gasteiger partial charge in [0.25, 0.3) is 0 Å². The summed E-state index contributed by atoms with van der Waals surface area (Å²) in [6.07, 6.45) is 27.0. The van der Waals surface area contributed by atoms with E-state index >= 15 is 0 Å². The SMILES string of the molecule is CCCCCCCCCCCCCCCCCCCCCC.[B]C1OC(COC(C)C)C(O)C1O.[V]. The van der Waals surface area contributed by atoms with Gasteiger partial charge in [-0.3, -0.25) is 0 Å². The summed E-state index contributed by atoms with van der Waals surface area (Å²) in [4.78, 5) is 0. The fourth-order valence-corrected chi connectivity index (χ4v) is 4.53. The Hall–Kier alpha value is 0.489. The number of hydrogen-bond acceptors (Lipinski definition) is 4. The summed E-state index contributed by atoms with van der Waals surface area (Å²) in [7, 11) is 5.38. The first-order chi connectivity index (χ1) is 16.9. The summed E-state index contributed by atoms with van der Waals surface area (Å²) in [5.41, 5.74) is 0. The fourth-order valence-electron chi connectivity index (χ4n) is 4.53. The Bertz CT molecular complexity index is 408. The summed E-state index contributed by atoms with van der Waals surface area (Å²) in [5.74, 6) is 0. The number of hydrogen-bond donors (Lipinski definition) is 2. The maximum Gasteiger partial charge on any atom is 0.112 e. The molecule has 36 heavy (non-hydrogen) atoms. The summed E-state index contributed by atoms with van der Waals surface area (Å²) in [6, 6.07) is -0.809. The topological polar surface area (TPSA) is 58.9 Å². The number of aliphatic hydroxyl groups is 2. The van der Waals surface area contributed by atoms with E-state index in [0.29, 0.717) is 0 Å². The molecular formula is C30H61BO4V. The number of ether oxygens (including phenoxy) is 2. The second-order valence-corrected chi connectivity index (χ2v) is 10.9. The third kappa shape index (κ3) is 23.6. The fraction of sp³-hybridized carbons (Fsp3) is 1.00. The molecule has 1 saturated heterocycles. The molecule has 0 bridgehead atoms. The second-order valence-electron chi connectivity index (χ2n) is 10.9. The molecular weight excluding hydrogens is 486 g/mol. The van der Waals surface area contributed by atoms with E-state index in [1.165, 1.54) is 128 Å². The van der Waals surface area contributed by atoms with Crippen LogP contribution in [-0.2, 0) is 28.0 Å². The van der Waals surface area contributed by atoms with Crippen molar-refractivity contribution in [1.29, 1.82) is 0 Å². The molecule has 0 spiro atoms. The van der Waals surface area contributed by atoms with Crippen LogP contribution in [0, 0.1) is 0 Å². The Morgan fingerprint density at radius 1 is 0.611 bits per heavy atom. The van der Waals surface area contributed by atoms with Gasteiger partial charge in [-0.25, -0.2) is 0 Å². The van der Waals surface area contributed by atoms with Crippen LogP contribution in [0.1, 0.15) is 156 Å². The minimum atomic E-state index is -1.01. The largest absolute Gasteiger partial charge is 0.388 e. The van der Waals surface area contributed by atoms with Gasteiger partial charge < -0.3 is 19.7 Å². The summed E-state index contributed by atoms with van der Waals surface area (Å²) in [5, 5.41) is 18.7. The van der Waals surface area contributed by atoms with E-state index in [9.17, 15) is 10.2 Å². The van der Waals surface area contributed by atoms with Crippen molar-refractivity contribution in [3.8, 4) is 0 Å². The Labute approximate surface area is 238 Å². The van der Waals surface area contributed by atoms with Gasteiger partial charge in [0.15, 0.2) is 0 Å². The van der Waals surface area contributed by atoms with Crippen LogP contribution in [0.4, 0.5) is 0 Å². The molecule has 213 valence electrons. The first-order valence-electron chi connectivity index (χ1n) is 15.3. The van der Waals surface area contributed by atoms with Crippen molar-refractivity contribution in [2.24, 2.45) is 0 Å². The van der Waals surface area contributed by atoms with Crippen molar-refractivity contribution < 1.29 is 38.2 Å². The van der Waals surface area contributed by atoms with Crippen molar-refractivity contribution in [1.82, 2.24) is 0 Å². The van der Waals surface area contributed by atoms with Gasteiger partial charge in [0.2, 0.25) is 0 Å². The van der Waals surface area contributed by atoms with Gasteiger partial charge in [0, 0.05) is 24.6 Å². The van der Waals surface area contributed by atoms with Crippen LogP contribution in [0.3, 0.4) is 0 Å². The average Bonchev–Trinajstić information content (AvgIpc) is 3.09. The molecule has 1 rings (SSSR count). The molecule has 1 heterocycles. The normalized spacial score (nSPS) is 21.3. The van der Waals surface area contributed by atoms with E-state index in [-0.39, 0.29) is 31.3 Å². The van der Waals surface area contributed by atoms with Gasteiger partial charge in [-0.1, -0.05) is 142 Å². The van der Waals surface area contributed by atoms with Crippen LogP contribution in [0.2, 0.25) is 0 Å². The Kier molecular flexibility index (Phi) is 30.6. The van der Waals surface area contributed by atoms with Gasteiger partial charge in [0.05, 0.1) is 18.8 Å². The van der Waals surface area contributed by atoms with E-state index in [4.69, 9.17) is 17.3 Å². The minimum absolute atomic E-state index is 0. The van der Waals surface area contributed by atoms with Crippen LogP contribution >= 0.6 is 0 Å². The zero-order valence-electron chi connectivity index (χ0n) is 24.5. The number of unbranched alkanes of at least 4 members (excludes halogenated alkanes) is 19. The quantitative estimate of drug-likeness (QED) is 0.107. The molecule has 2 N–H and O–H groups in total. The van der Waals surface area contributed by atoms with E-state index in [0.717, 1.165) is 0 Å².